The molecule has 0 aromatic heterocycles. The van der Waals surface area contributed by atoms with Crippen molar-refractivity contribution in [2.75, 3.05) is 16.5 Å². The molecule has 0 amide bonds. The molecule has 2 bridgehead atoms. The monoisotopic (exact) mass is 494 g/mol. The maximum absolute atomic E-state index is 13.6. The normalized spacial score (nSPS) is 16.6. The van der Waals surface area contributed by atoms with Crippen LogP contribution in [0.15, 0.2) is 24.3 Å². The summed E-state index contributed by atoms with van der Waals surface area (Å²) in [6, 6.07) is 0.590. The van der Waals surface area contributed by atoms with Crippen LogP contribution in [0.1, 0.15) is 33.4 Å². The lowest BCUT2D eigenvalue weighted by Gasteiger charge is -2.46. The minimum Gasteiger partial charge on any atom is -0.349 e. The molecule has 0 radical (unpaired) electrons. The molecule has 0 unspecified atom stereocenters. The van der Waals surface area contributed by atoms with Gasteiger partial charge in [0.1, 0.15) is 0 Å². The Balaban J connectivity index is 1.94. The summed E-state index contributed by atoms with van der Waals surface area (Å²) in [5.74, 6) is 0. The fourth-order valence-electron chi connectivity index (χ4n) is 4.15. The lowest BCUT2D eigenvalue weighted by atomic mass is 9.92. The maximum atomic E-state index is 13.6. The number of anilines is 2. The highest BCUT2D eigenvalue weighted by molar-refractivity contribution is 5.74. The van der Waals surface area contributed by atoms with E-state index in [2.05, 4.69) is 0 Å². The molecule has 0 spiro atoms. The van der Waals surface area contributed by atoms with Crippen LogP contribution in [-0.4, -0.2) is 6.67 Å². The average Bonchev–Trinajstić information content (AvgIpc) is 2.63. The molecule has 0 atom stereocenters. The molecule has 33 heavy (non-hydrogen) atoms. The summed E-state index contributed by atoms with van der Waals surface area (Å²) in [4.78, 5) is 1.65. The van der Waals surface area contributed by atoms with Crippen molar-refractivity contribution in [3.63, 3.8) is 0 Å². The van der Waals surface area contributed by atoms with Gasteiger partial charge in [-0.2, -0.15) is 52.7 Å². The Labute approximate surface area is 177 Å². The predicted molar refractivity (Wildman–Crippen MR) is 90.1 cm³/mol. The van der Waals surface area contributed by atoms with Crippen LogP contribution in [0.25, 0.3) is 0 Å². The third-order valence-corrected chi connectivity index (χ3v) is 5.34. The molecule has 2 aromatic carbocycles. The van der Waals surface area contributed by atoms with E-state index < -0.39 is 89.2 Å². The van der Waals surface area contributed by atoms with Gasteiger partial charge >= 0.3 is 24.7 Å². The van der Waals surface area contributed by atoms with E-state index in [4.69, 9.17) is 0 Å². The van der Waals surface area contributed by atoms with Gasteiger partial charge in [0, 0.05) is 13.1 Å². The minimum absolute atomic E-state index is 0.114. The quantitative estimate of drug-likeness (QED) is 0.362. The van der Waals surface area contributed by atoms with Crippen molar-refractivity contribution in [3.8, 4) is 0 Å². The Bertz CT molecular complexity index is 1020. The zero-order chi connectivity index (χ0) is 24.7. The molecule has 0 fully saturated rings. The molecule has 0 saturated carbocycles. The van der Waals surface area contributed by atoms with Crippen molar-refractivity contribution >= 4 is 11.4 Å². The second kappa shape index (κ2) is 6.86. The van der Waals surface area contributed by atoms with E-state index in [-0.39, 0.29) is 12.1 Å². The Morgan fingerprint density at radius 2 is 0.818 bits per heavy atom. The molecule has 2 aromatic rings. The van der Waals surface area contributed by atoms with Crippen LogP contribution in [0, 0.1) is 0 Å². The highest BCUT2D eigenvalue weighted by Crippen LogP contribution is 2.50. The molecule has 2 aliphatic heterocycles. The summed E-state index contributed by atoms with van der Waals surface area (Å²) in [6.07, 6.45) is -20.8. The molecule has 2 nitrogen and oxygen atoms in total. The first-order valence-corrected chi connectivity index (χ1v) is 9.00. The molecule has 4 rings (SSSR count). The van der Waals surface area contributed by atoms with E-state index in [0.29, 0.717) is 12.1 Å². The largest absolute Gasteiger partial charge is 0.418 e. The topological polar surface area (TPSA) is 6.48 Å². The average molecular weight is 494 g/mol. The SMILES string of the molecule is FC(F)(F)c1cc2c(c(C(F)(F)F)c1)N1Cc3cc(C(F)(F)F)cc(C(F)(F)F)c3N(C2)C1. The van der Waals surface area contributed by atoms with Gasteiger partial charge < -0.3 is 9.80 Å². The molecule has 2 aliphatic rings. The van der Waals surface area contributed by atoms with Gasteiger partial charge in [-0.25, -0.2) is 0 Å². The number of alkyl halides is 12. The van der Waals surface area contributed by atoms with Gasteiger partial charge in [-0.15, -0.1) is 0 Å². The number of rotatable bonds is 0. The fraction of sp³-hybridized carbons (Fsp3) is 0.368. The number of hydrogen-bond acceptors (Lipinski definition) is 2. The van der Waals surface area contributed by atoms with Gasteiger partial charge in [-0.1, -0.05) is 0 Å². The second-order valence-corrected chi connectivity index (χ2v) is 7.59. The first kappa shape index (κ1) is 23.4. The van der Waals surface area contributed by atoms with E-state index in [9.17, 15) is 52.7 Å². The highest BCUT2D eigenvalue weighted by atomic mass is 19.4. The van der Waals surface area contributed by atoms with Gasteiger partial charge in [0.25, 0.3) is 0 Å². The Kier molecular flexibility index (Phi) is 4.85. The van der Waals surface area contributed by atoms with Crippen molar-refractivity contribution in [1.29, 1.82) is 0 Å². The second-order valence-electron chi connectivity index (χ2n) is 7.59. The van der Waals surface area contributed by atoms with E-state index in [1.165, 1.54) is 0 Å². The zero-order valence-electron chi connectivity index (χ0n) is 15.9. The Hall–Kier alpha value is -2.80. The Morgan fingerprint density at radius 1 is 0.485 bits per heavy atom. The van der Waals surface area contributed by atoms with Crippen molar-refractivity contribution in [2.24, 2.45) is 0 Å². The van der Waals surface area contributed by atoms with Crippen LogP contribution >= 0.6 is 0 Å². The van der Waals surface area contributed by atoms with Crippen LogP contribution in [0.5, 0.6) is 0 Å². The molecular weight excluding hydrogens is 484 g/mol. The number of halogens is 12. The lowest BCUT2D eigenvalue weighted by Crippen LogP contribution is -2.48. The number of fused-ring (bicyclic) bond motifs is 6. The molecule has 2 heterocycles. The molecule has 0 saturated heterocycles. The van der Waals surface area contributed by atoms with Gasteiger partial charge in [0.05, 0.1) is 40.3 Å². The smallest absolute Gasteiger partial charge is 0.349 e. The summed E-state index contributed by atoms with van der Waals surface area (Å²) < 4.78 is 161. The first-order valence-electron chi connectivity index (χ1n) is 9.00. The maximum Gasteiger partial charge on any atom is 0.418 e. The van der Waals surface area contributed by atoms with E-state index in [0.717, 1.165) is 9.80 Å². The van der Waals surface area contributed by atoms with Gasteiger partial charge in [-0.05, 0) is 35.4 Å². The van der Waals surface area contributed by atoms with Crippen LogP contribution in [0.4, 0.5) is 64.1 Å². The fourth-order valence-corrected chi connectivity index (χ4v) is 4.15. The molecular formula is C19H10F12N2. The first-order chi connectivity index (χ1) is 14.9. The van der Waals surface area contributed by atoms with Crippen LogP contribution in [-0.2, 0) is 37.8 Å². The molecule has 0 N–H and O–H groups in total. The molecule has 0 aliphatic carbocycles. The summed E-state index contributed by atoms with van der Waals surface area (Å²) in [5, 5.41) is 0. The number of hydrogen-bond donors (Lipinski definition) is 0. The summed E-state index contributed by atoms with van der Waals surface area (Å²) in [6.45, 7) is -2.16. The highest BCUT2D eigenvalue weighted by Gasteiger charge is 2.46. The summed E-state index contributed by atoms with van der Waals surface area (Å²) in [5.41, 5.74) is -9.10. The Morgan fingerprint density at radius 3 is 1.09 bits per heavy atom. The van der Waals surface area contributed by atoms with Gasteiger partial charge in [0.2, 0.25) is 0 Å². The molecule has 14 heteroatoms. The van der Waals surface area contributed by atoms with Crippen molar-refractivity contribution < 1.29 is 52.7 Å². The predicted octanol–water partition coefficient (Wildman–Crippen LogP) is 7.06. The van der Waals surface area contributed by atoms with Crippen LogP contribution in [0.3, 0.4) is 0 Å². The third-order valence-electron chi connectivity index (χ3n) is 5.34. The number of benzene rings is 2. The van der Waals surface area contributed by atoms with Crippen LogP contribution < -0.4 is 9.80 Å². The lowest BCUT2D eigenvalue weighted by molar-refractivity contribution is -0.144. The van der Waals surface area contributed by atoms with Gasteiger partial charge in [-0.3, -0.25) is 0 Å². The van der Waals surface area contributed by atoms with Crippen molar-refractivity contribution in [3.05, 3.63) is 57.6 Å². The van der Waals surface area contributed by atoms with E-state index in [1.807, 2.05) is 0 Å². The molecule has 180 valence electrons. The van der Waals surface area contributed by atoms with Crippen molar-refractivity contribution in [2.45, 2.75) is 37.8 Å². The summed E-state index contributed by atoms with van der Waals surface area (Å²) >= 11 is 0. The van der Waals surface area contributed by atoms with E-state index >= 15 is 0 Å². The standard InChI is InChI=1S/C19H10F12N2/c20-16(21,22)10-1-8-5-32-7-33(14(8)12(3-10)18(26,27)28)6-9-2-11(17(23,24)25)4-13(15(9)32)19(29,30)31/h1-4H,5-7H2. The zero-order valence-corrected chi connectivity index (χ0v) is 15.9. The summed E-state index contributed by atoms with van der Waals surface area (Å²) in [7, 11) is 0. The van der Waals surface area contributed by atoms with Crippen LogP contribution in [0.2, 0.25) is 0 Å². The van der Waals surface area contributed by atoms with Gasteiger partial charge in [0.15, 0.2) is 0 Å². The third kappa shape index (κ3) is 4.03. The minimum atomic E-state index is -5.25. The number of nitrogens with zero attached hydrogens (tertiary/aromatic N) is 2. The van der Waals surface area contributed by atoms with E-state index in [1.54, 1.807) is 0 Å². The van der Waals surface area contributed by atoms with Crippen molar-refractivity contribution in [1.82, 2.24) is 0 Å².